The number of nitrogens with one attached hydrogen (secondary N) is 1. The average Bonchev–Trinajstić information content (AvgIpc) is 2.80. The first-order valence-corrected chi connectivity index (χ1v) is 10.8. The van der Waals surface area contributed by atoms with Gasteiger partial charge >= 0.3 is 0 Å². The SMILES string of the molecule is COc1ccccc1-c1ccc(N2CCC(C(=O)NC3CCCCC3)CC2)nn1. The van der Waals surface area contributed by atoms with Crippen LogP contribution in [0.1, 0.15) is 44.9 Å². The number of benzene rings is 1. The zero-order valence-electron chi connectivity index (χ0n) is 17.1. The molecular formula is C23H30N4O2. The molecule has 1 saturated heterocycles. The zero-order valence-corrected chi connectivity index (χ0v) is 17.1. The van der Waals surface area contributed by atoms with E-state index in [2.05, 4.69) is 20.4 Å². The molecule has 1 aromatic carbocycles. The number of amides is 1. The predicted molar refractivity (Wildman–Crippen MR) is 114 cm³/mol. The lowest BCUT2D eigenvalue weighted by Gasteiger charge is -2.33. The van der Waals surface area contributed by atoms with E-state index in [0.717, 1.165) is 61.6 Å². The Morgan fingerprint density at radius 3 is 2.45 bits per heavy atom. The zero-order chi connectivity index (χ0) is 20.1. The Morgan fingerprint density at radius 1 is 1.00 bits per heavy atom. The molecule has 1 saturated carbocycles. The van der Waals surface area contributed by atoms with Crippen LogP contribution in [-0.4, -0.2) is 42.3 Å². The third kappa shape index (κ3) is 4.69. The Bertz CT molecular complexity index is 810. The van der Waals surface area contributed by atoms with Gasteiger partial charge in [-0.15, -0.1) is 10.2 Å². The molecule has 6 heteroatoms. The standard InChI is InChI=1S/C23H30N4O2/c1-29-21-10-6-5-9-19(21)20-11-12-22(26-25-20)27-15-13-17(14-16-27)23(28)24-18-7-3-2-4-8-18/h5-6,9-12,17-18H,2-4,7-8,13-16H2,1H3,(H,24,28). The van der Waals surface area contributed by atoms with Crippen LogP contribution in [0.3, 0.4) is 0 Å². The Labute approximate surface area is 172 Å². The molecule has 2 aliphatic rings. The number of hydrogen-bond acceptors (Lipinski definition) is 5. The first-order chi connectivity index (χ1) is 14.2. The molecule has 154 valence electrons. The Hall–Kier alpha value is -2.63. The predicted octanol–water partition coefficient (Wildman–Crippen LogP) is 3.82. The number of rotatable bonds is 5. The van der Waals surface area contributed by atoms with Gasteiger partial charge in [-0.2, -0.15) is 0 Å². The third-order valence-electron chi connectivity index (χ3n) is 6.17. The second kappa shape index (κ2) is 9.25. The second-order valence-electron chi connectivity index (χ2n) is 8.08. The molecule has 6 nitrogen and oxygen atoms in total. The van der Waals surface area contributed by atoms with E-state index in [1.165, 1.54) is 19.3 Å². The van der Waals surface area contributed by atoms with Gasteiger partial charge in [0.2, 0.25) is 5.91 Å². The summed E-state index contributed by atoms with van der Waals surface area (Å²) in [7, 11) is 1.66. The molecular weight excluding hydrogens is 364 g/mol. The molecule has 0 spiro atoms. The lowest BCUT2D eigenvalue weighted by Crippen LogP contribution is -2.44. The first kappa shape index (κ1) is 19.7. The van der Waals surface area contributed by atoms with Crippen molar-refractivity contribution in [2.45, 2.75) is 51.0 Å². The highest BCUT2D eigenvalue weighted by atomic mass is 16.5. The number of piperidine rings is 1. The number of anilines is 1. The van der Waals surface area contributed by atoms with Crippen LogP contribution in [0.5, 0.6) is 5.75 Å². The summed E-state index contributed by atoms with van der Waals surface area (Å²) in [6, 6.07) is 12.2. The maximum Gasteiger partial charge on any atom is 0.223 e. The minimum atomic E-state index is 0.119. The van der Waals surface area contributed by atoms with E-state index in [1.54, 1.807) is 7.11 Å². The number of aromatic nitrogens is 2. The molecule has 1 aromatic heterocycles. The Kier molecular flexibility index (Phi) is 6.27. The number of hydrogen-bond donors (Lipinski definition) is 1. The molecule has 29 heavy (non-hydrogen) atoms. The van der Waals surface area contributed by atoms with Gasteiger partial charge in [-0.25, -0.2) is 0 Å². The molecule has 1 aliphatic carbocycles. The van der Waals surface area contributed by atoms with Gasteiger partial charge in [0, 0.05) is 30.6 Å². The van der Waals surface area contributed by atoms with Crippen molar-refractivity contribution in [2.24, 2.45) is 5.92 Å². The van der Waals surface area contributed by atoms with Crippen LogP contribution in [0.4, 0.5) is 5.82 Å². The minimum absolute atomic E-state index is 0.119. The summed E-state index contributed by atoms with van der Waals surface area (Å²) in [5.74, 6) is 2.03. The highest BCUT2D eigenvalue weighted by molar-refractivity contribution is 5.79. The summed E-state index contributed by atoms with van der Waals surface area (Å²) in [5.41, 5.74) is 1.74. The average molecular weight is 395 g/mol. The van der Waals surface area contributed by atoms with E-state index in [9.17, 15) is 4.79 Å². The molecule has 1 N–H and O–H groups in total. The normalized spacial score (nSPS) is 18.4. The van der Waals surface area contributed by atoms with Crippen molar-refractivity contribution in [1.82, 2.24) is 15.5 Å². The van der Waals surface area contributed by atoms with Gasteiger partial charge in [0.25, 0.3) is 0 Å². The van der Waals surface area contributed by atoms with Crippen LogP contribution in [0, 0.1) is 5.92 Å². The molecule has 2 aromatic rings. The quantitative estimate of drug-likeness (QED) is 0.835. The van der Waals surface area contributed by atoms with E-state index in [-0.39, 0.29) is 11.8 Å². The number of carbonyl (C=O) groups excluding carboxylic acids is 1. The first-order valence-electron chi connectivity index (χ1n) is 10.8. The molecule has 0 bridgehead atoms. The summed E-state index contributed by atoms with van der Waals surface area (Å²) in [4.78, 5) is 14.8. The maximum absolute atomic E-state index is 12.6. The fraction of sp³-hybridized carbons (Fsp3) is 0.522. The van der Waals surface area contributed by atoms with E-state index < -0.39 is 0 Å². The van der Waals surface area contributed by atoms with Crippen LogP contribution in [-0.2, 0) is 4.79 Å². The number of ether oxygens (including phenoxy) is 1. The van der Waals surface area contributed by atoms with Crippen molar-refractivity contribution in [2.75, 3.05) is 25.1 Å². The monoisotopic (exact) mass is 394 g/mol. The van der Waals surface area contributed by atoms with Gasteiger partial charge in [-0.3, -0.25) is 4.79 Å². The lowest BCUT2D eigenvalue weighted by atomic mass is 9.92. The lowest BCUT2D eigenvalue weighted by molar-refractivity contribution is -0.126. The fourth-order valence-electron chi connectivity index (χ4n) is 4.43. The molecule has 1 aliphatic heterocycles. The summed E-state index contributed by atoms with van der Waals surface area (Å²) < 4.78 is 5.42. The maximum atomic E-state index is 12.6. The summed E-state index contributed by atoms with van der Waals surface area (Å²) in [6.07, 6.45) is 7.81. The van der Waals surface area contributed by atoms with Crippen molar-refractivity contribution in [3.05, 3.63) is 36.4 Å². The van der Waals surface area contributed by atoms with Gasteiger partial charge in [0.1, 0.15) is 5.75 Å². The van der Waals surface area contributed by atoms with Crippen molar-refractivity contribution in [3.63, 3.8) is 0 Å². The molecule has 0 radical (unpaired) electrons. The fourth-order valence-corrected chi connectivity index (χ4v) is 4.43. The molecule has 2 heterocycles. The van der Waals surface area contributed by atoms with E-state index in [0.29, 0.717) is 6.04 Å². The summed E-state index contributed by atoms with van der Waals surface area (Å²) in [5, 5.41) is 12.1. The van der Waals surface area contributed by atoms with Gasteiger partial charge in [0.05, 0.1) is 12.8 Å². The van der Waals surface area contributed by atoms with Gasteiger partial charge < -0.3 is 15.0 Å². The number of nitrogens with zero attached hydrogens (tertiary/aromatic N) is 3. The number of methoxy groups -OCH3 is 1. The van der Waals surface area contributed by atoms with Gasteiger partial charge in [0.15, 0.2) is 5.82 Å². The van der Waals surface area contributed by atoms with Crippen LogP contribution in [0.15, 0.2) is 36.4 Å². The smallest absolute Gasteiger partial charge is 0.223 e. The van der Waals surface area contributed by atoms with Crippen LogP contribution in [0.2, 0.25) is 0 Å². The van der Waals surface area contributed by atoms with Crippen molar-refractivity contribution < 1.29 is 9.53 Å². The van der Waals surface area contributed by atoms with E-state index in [4.69, 9.17) is 4.74 Å². The largest absolute Gasteiger partial charge is 0.496 e. The van der Waals surface area contributed by atoms with Crippen LogP contribution < -0.4 is 15.0 Å². The molecule has 0 atom stereocenters. The molecule has 0 unspecified atom stereocenters. The van der Waals surface area contributed by atoms with Crippen LogP contribution >= 0.6 is 0 Å². The number of para-hydroxylation sites is 1. The topological polar surface area (TPSA) is 67.3 Å². The minimum Gasteiger partial charge on any atom is -0.496 e. The summed E-state index contributed by atoms with van der Waals surface area (Å²) in [6.45, 7) is 1.68. The molecule has 2 fully saturated rings. The second-order valence-corrected chi connectivity index (χ2v) is 8.08. The van der Waals surface area contributed by atoms with E-state index >= 15 is 0 Å². The number of carbonyl (C=O) groups is 1. The summed E-state index contributed by atoms with van der Waals surface area (Å²) >= 11 is 0. The van der Waals surface area contributed by atoms with Crippen LogP contribution in [0.25, 0.3) is 11.3 Å². The van der Waals surface area contributed by atoms with Crippen molar-refractivity contribution >= 4 is 11.7 Å². The molecule has 4 rings (SSSR count). The van der Waals surface area contributed by atoms with Gasteiger partial charge in [-0.1, -0.05) is 31.4 Å². The highest BCUT2D eigenvalue weighted by Gasteiger charge is 2.27. The van der Waals surface area contributed by atoms with Crippen molar-refractivity contribution in [1.29, 1.82) is 0 Å². The highest BCUT2D eigenvalue weighted by Crippen LogP contribution is 2.29. The Morgan fingerprint density at radius 2 is 1.76 bits per heavy atom. The Balaban J connectivity index is 1.33. The van der Waals surface area contributed by atoms with E-state index in [1.807, 2.05) is 36.4 Å². The van der Waals surface area contributed by atoms with Crippen molar-refractivity contribution in [3.8, 4) is 17.0 Å². The molecule has 1 amide bonds. The third-order valence-corrected chi connectivity index (χ3v) is 6.17. The van der Waals surface area contributed by atoms with Gasteiger partial charge in [-0.05, 0) is 49.9 Å².